The van der Waals surface area contributed by atoms with E-state index >= 15 is 0 Å². The van der Waals surface area contributed by atoms with Crippen LogP contribution in [-0.4, -0.2) is 17.9 Å². The molecule has 1 fully saturated rings. The lowest BCUT2D eigenvalue weighted by Gasteiger charge is -2.29. The van der Waals surface area contributed by atoms with E-state index in [1.807, 2.05) is 42.5 Å². The molecule has 4 heteroatoms. The second-order valence-corrected chi connectivity index (χ2v) is 6.32. The van der Waals surface area contributed by atoms with Crippen molar-refractivity contribution in [3.8, 4) is 0 Å². The monoisotopic (exact) mass is 310 g/mol. The quantitative estimate of drug-likeness (QED) is 0.834. The molecule has 23 heavy (non-hydrogen) atoms. The fourth-order valence-corrected chi connectivity index (χ4v) is 3.28. The summed E-state index contributed by atoms with van der Waals surface area (Å²) >= 11 is 0. The smallest absolute Gasteiger partial charge is 0.313 e. The maximum atomic E-state index is 12.2. The molecule has 2 unspecified atom stereocenters. The Balaban J connectivity index is 1.69. The number of carbonyl (C=O) groups excluding carboxylic acids is 2. The predicted molar refractivity (Wildman–Crippen MR) is 92.1 cm³/mol. The number of nitrogens with one attached hydrogen (secondary N) is 2. The molecular formula is C19H22N2O2. The first kappa shape index (κ1) is 15.5. The van der Waals surface area contributed by atoms with Crippen LogP contribution < -0.4 is 10.6 Å². The van der Waals surface area contributed by atoms with E-state index in [1.165, 1.54) is 6.42 Å². The molecule has 2 aromatic rings. The lowest BCUT2D eigenvalue weighted by molar-refractivity contribution is -0.137. The summed E-state index contributed by atoms with van der Waals surface area (Å²) in [6.07, 6.45) is 4.38. The van der Waals surface area contributed by atoms with Crippen LogP contribution in [0.5, 0.6) is 0 Å². The summed E-state index contributed by atoms with van der Waals surface area (Å²) in [5.41, 5.74) is 0.667. The highest BCUT2D eigenvalue weighted by Crippen LogP contribution is 2.24. The first-order chi connectivity index (χ1) is 11.1. The van der Waals surface area contributed by atoms with Crippen LogP contribution in [0.4, 0.5) is 5.69 Å². The Kier molecular flexibility index (Phi) is 4.60. The number of amides is 2. The van der Waals surface area contributed by atoms with Gasteiger partial charge in [0.15, 0.2) is 0 Å². The Morgan fingerprint density at radius 1 is 0.957 bits per heavy atom. The van der Waals surface area contributed by atoms with Crippen molar-refractivity contribution >= 4 is 28.3 Å². The SMILES string of the molecule is CC1CCCCC1NC(=O)C(=O)Nc1cccc2ccccc12. The molecule has 1 aliphatic carbocycles. The minimum atomic E-state index is -0.598. The number of hydrogen-bond acceptors (Lipinski definition) is 2. The zero-order chi connectivity index (χ0) is 16.2. The van der Waals surface area contributed by atoms with E-state index in [1.54, 1.807) is 0 Å². The van der Waals surface area contributed by atoms with Gasteiger partial charge in [0, 0.05) is 17.1 Å². The molecule has 2 atom stereocenters. The fraction of sp³-hybridized carbons (Fsp3) is 0.368. The zero-order valence-electron chi connectivity index (χ0n) is 13.3. The number of fused-ring (bicyclic) bond motifs is 1. The Labute approximate surface area is 136 Å². The van der Waals surface area contributed by atoms with Crippen molar-refractivity contribution in [1.82, 2.24) is 5.32 Å². The van der Waals surface area contributed by atoms with Crippen LogP contribution in [-0.2, 0) is 9.59 Å². The van der Waals surface area contributed by atoms with E-state index in [9.17, 15) is 9.59 Å². The van der Waals surface area contributed by atoms with Gasteiger partial charge in [-0.05, 0) is 30.2 Å². The highest BCUT2D eigenvalue weighted by atomic mass is 16.2. The minimum absolute atomic E-state index is 0.106. The van der Waals surface area contributed by atoms with Gasteiger partial charge in [-0.3, -0.25) is 9.59 Å². The van der Waals surface area contributed by atoms with Crippen molar-refractivity contribution in [3.63, 3.8) is 0 Å². The molecular weight excluding hydrogens is 288 g/mol. The molecule has 0 heterocycles. The number of benzene rings is 2. The fourth-order valence-electron chi connectivity index (χ4n) is 3.28. The summed E-state index contributed by atoms with van der Waals surface area (Å²) in [6, 6.07) is 13.6. The van der Waals surface area contributed by atoms with Crippen molar-refractivity contribution in [2.45, 2.75) is 38.6 Å². The lowest BCUT2D eigenvalue weighted by Crippen LogP contribution is -2.45. The van der Waals surface area contributed by atoms with Gasteiger partial charge in [-0.2, -0.15) is 0 Å². The Bertz CT molecular complexity index is 721. The number of anilines is 1. The molecule has 3 rings (SSSR count). The third kappa shape index (κ3) is 3.52. The van der Waals surface area contributed by atoms with Crippen LogP contribution in [0.2, 0.25) is 0 Å². The molecule has 0 aromatic heterocycles. The van der Waals surface area contributed by atoms with Gasteiger partial charge < -0.3 is 10.6 Å². The van der Waals surface area contributed by atoms with Crippen LogP contribution >= 0.6 is 0 Å². The third-order valence-electron chi connectivity index (χ3n) is 4.67. The van der Waals surface area contributed by atoms with E-state index in [2.05, 4.69) is 17.6 Å². The highest BCUT2D eigenvalue weighted by Gasteiger charge is 2.25. The first-order valence-corrected chi connectivity index (χ1v) is 8.25. The topological polar surface area (TPSA) is 58.2 Å². The second kappa shape index (κ2) is 6.82. The molecule has 1 aliphatic rings. The van der Waals surface area contributed by atoms with E-state index in [4.69, 9.17) is 0 Å². The standard InChI is InChI=1S/C19H22N2O2/c1-13-7-2-5-11-16(13)20-18(22)19(23)21-17-12-6-9-14-8-3-4-10-15(14)17/h3-4,6,8-10,12-13,16H,2,5,7,11H2,1H3,(H,20,22)(H,21,23). The lowest BCUT2D eigenvalue weighted by atomic mass is 9.86. The predicted octanol–water partition coefficient (Wildman–Crippen LogP) is 3.47. The third-order valence-corrected chi connectivity index (χ3v) is 4.67. The molecule has 0 spiro atoms. The molecule has 1 saturated carbocycles. The summed E-state index contributed by atoms with van der Waals surface area (Å²) in [5, 5.41) is 7.59. The molecule has 0 aliphatic heterocycles. The van der Waals surface area contributed by atoms with E-state index < -0.39 is 11.8 Å². The van der Waals surface area contributed by atoms with Crippen LogP contribution in [0.15, 0.2) is 42.5 Å². The molecule has 4 nitrogen and oxygen atoms in total. The van der Waals surface area contributed by atoms with Gasteiger partial charge >= 0.3 is 11.8 Å². The van der Waals surface area contributed by atoms with Crippen molar-refractivity contribution in [2.75, 3.05) is 5.32 Å². The van der Waals surface area contributed by atoms with Crippen LogP contribution in [0, 0.1) is 5.92 Å². The number of rotatable bonds is 2. The van der Waals surface area contributed by atoms with Gasteiger partial charge in [-0.25, -0.2) is 0 Å². The van der Waals surface area contributed by atoms with Crippen molar-refractivity contribution in [1.29, 1.82) is 0 Å². The zero-order valence-corrected chi connectivity index (χ0v) is 13.3. The van der Waals surface area contributed by atoms with E-state index in [0.717, 1.165) is 30.0 Å². The van der Waals surface area contributed by atoms with E-state index in [-0.39, 0.29) is 6.04 Å². The Morgan fingerprint density at radius 3 is 2.52 bits per heavy atom. The molecule has 2 N–H and O–H groups in total. The summed E-state index contributed by atoms with van der Waals surface area (Å²) in [5.74, 6) is -0.714. The molecule has 0 bridgehead atoms. The molecule has 0 saturated heterocycles. The minimum Gasteiger partial charge on any atom is -0.345 e. The van der Waals surface area contributed by atoms with Gasteiger partial charge in [0.25, 0.3) is 0 Å². The largest absolute Gasteiger partial charge is 0.345 e. The van der Waals surface area contributed by atoms with E-state index in [0.29, 0.717) is 11.6 Å². The number of hydrogen-bond donors (Lipinski definition) is 2. The number of carbonyl (C=O) groups is 2. The van der Waals surface area contributed by atoms with Crippen molar-refractivity contribution in [3.05, 3.63) is 42.5 Å². The van der Waals surface area contributed by atoms with Crippen LogP contribution in [0.3, 0.4) is 0 Å². The normalized spacial score (nSPS) is 20.9. The summed E-state index contributed by atoms with van der Waals surface area (Å²) in [4.78, 5) is 24.4. The maximum Gasteiger partial charge on any atom is 0.313 e. The van der Waals surface area contributed by atoms with Gasteiger partial charge in [0.2, 0.25) is 0 Å². The first-order valence-electron chi connectivity index (χ1n) is 8.25. The average molecular weight is 310 g/mol. The highest BCUT2D eigenvalue weighted by molar-refractivity contribution is 6.40. The Hall–Kier alpha value is -2.36. The van der Waals surface area contributed by atoms with Gasteiger partial charge in [0.1, 0.15) is 0 Å². The molecule has 2 amide bonds. The van der Waals surface area contributed by atoms with Gasteiger partial charge in [-0.1, -0.05) is 56.2 Å². The molecule has 0 radical (unpaired) electrons. The second-order valence-electron chi connectivity index (χ2n) is 6.32. The molecule has 120 valence electrons. The molecule has 2 aromatic carbocycles. The maximum absolute atomic E-state index is 12.2. The summed E-state index contributed by atoms with van der Waals surface area (Å²) in [7, 11) is 0. The van der Waals surface area contributed by atoms with Gasteiger partial charge in [-0.15, -0.1) is 0 Å². The van der Waals surface area contributed by atoms with Gasteiger partial charge in [0.05, 0.1) is 0 Å². The van der Waals surface area contributed by atoms with Crippen molar-refractivity contribution in [2.24, 2.45) is 5.92 Å². The Morgan fingerprint density at radius 2 is 1.70 bits per heavy atom. The van der Waals surface area contributed by atoms with Crippen LogP contribution in [0.25, 0.3) is 10.8 Å². The van der Waals surface area contributed by atoms with Crippen molar-refractivity contribution < 1.29 is 9.59 Å². The average Bonchev–Trinajstić information content (AvgIpc) is 2.57. The van der Waals surface area contributed by atoms with Crippen LogP contribution in [0.1, 0.15) is 32.6 Å². The summed E-state index contributed by atoms with van der Waals surface area (Å²) < 4.78 is 0. The summed E-state index contributed by atoms with van der Waals surface area (Å²) in [6.45, 7) is 2.13.